The van der Waals surface area contributed by atoms with Crippen molar-refractivity contribution >= 4 is 17.4 Å². The Morgan fingerprint density at radius 2 is 1.87 bits per heavy atom. The number of aliphatic hydroxyl groups excluding tert-OH is 1. The number of Topliss-reactive ketones (excluding diaryl/α,β-unsaturated/α-hetero) is 1. The Balaban J connectivity index is 1.90. The van der Waals surface area contributed by atoms with Crippen molar-refractivity contribution in [2.75, 3.05) is 14.2 Å². The Labute approximate surface area is 174 Å². The molecule has 0 spiro atoms. The fraction of sp³-hybridized carbons (Fsp3) is 0.348. The number of nitrogens with zero attached hydrogens (tertiary/aromatic N) is 2. The van der Waals surface area contributed by atoms with Crippen LogP contribution in [0.3, 0.4) is 0 Å². The van der Waals surface area contributed by atoms with Gasteiger partial charge in [0.25, 0.3) is 11.7 Å². The van der Waals surface area contributed by atoms with E-state index in [1.165, 1.54) is 14.2 Å². The number of hydrogen-bond acceptors (Lipinski definition) is 6. The number of likely N-dealkylation sites (tertiary alicyclic amines) is 1. The molecule has 30 heavy (non-hydrogen) atoms. The summed E-state index contributed by atoms with van der Waals surface area (Å²) in [6, 6.07) is 9.49. The Hall–Kier alpha value is -3.35. The molecule has 156 valence electrons. The molecule has 2 aromatic rings. The van der Waals surface area contributed by atoms with Gasteiger partial charge in [0.1, 0.15) is 23.3 Å². The van der Waals surface area contributed by atoms with Gasteiger partial charge in [0.05, 0.1) is 31.1 Å². The van der Waals surface area contributed by atoms with E-state index in [9.17, 15) is 14.7 Å². The average Bonchev–Trinajstić information content (AvgIpc) is 3.40. The second-order valence-electron chi connectivity index (χ2n) is 7.47. The highest BCUT2D eigenvalue weighted by molar-refractivity contribution is 6.46. The van der Waals surface area contributed by atoms with Crippen LogP contribution in [0.2, 0.25) is 0 Å². The summed E-state index contributed by atoms with van der Waals surface area (Å²) >= 11 is 0. The molecular formula is C23H24N2O5. The van der Waals surface area contributed by atoms with Gasteiger partial charge in [0.15, 0.2) is 0 Å². The maximum absolute atomic E-state index is 13.1. The molecule has 1 amide bonds. The highest BCUT2D eigenvalue weighted by Crippen LogP contribution is 2.44. The quantitative estimate of drug-likeness (QED) is 0.463. The monoisotopic (exact) mass is 408 g/mol. The van der Waals surface area contributed by atoms with Gasteiger partial charge in [-0.05, 0) is 37.1 Å². The summed E-state index contributed by atoms with van der Waals surface area (Å²) in [5, 5.41) is 11.2. The van der Waals surface area contributed by atoms with E-state index in [1.807, 2.05) is 6.07 Å². The van der Waals surface area contributed by atoms with Gasteiger partial charge in [-0.3, -0.25) is 14.6 Å². The molecule has 1 aliphatic carbocycles. The van der Waals surface area contributed by atoms with Crippen LogP contribution in [-0.2, 0) is 9.59 Å². The molecule has 1 N–H and O–H groups in total. The molecule has 7 heteroatoms. The Bertz CT molecular complexity index is 996. The number of methoxy groups -OCH3 is 2. The van der Waals surface area contributed by atoms with Crippen LogP contribution >= 0.6 is 0 Å². The van der Waals surface area contributed by atoms with Crippen molar-refractivity contribution in [3.63, 3.8) is 0 Å². The van der Waals surface area contributed by atoms with E-state index in [0.717, 1.165) is 25.7 Å². The van der Waals surface area contributed by atoms with Crippen LogP contribution in [0.1, 0.15) is 43.0 Å². The van der Waals surface area contributed by atoms with Crippen LogP contribution in [0.15, 0.2) is 48.2 Å². The lowest BCUT2D eigenvalue weighted by atomic mass is 9.97. The molecule has 7 nitrogen and oxygen atoms in total. The molecule has 1 saturated heterocycles. The molecule has 2 fully saturated rings. The number of ether oxygens (including phenoxy) is 2. The molecule has 1 saturated carbocycles. The van der Waals surface area contributed by atoms with E-state index >= 15 is 0 Å². The van der Waals surface area contributed by atoms with E-state index in [2.05, 4.69) is 4.98 Å². The van der Waals surface area contributed by atoms with Crippen LogP contribution < -0.4 is 9.47 Å². The molecular weight excluding hydrogens is 384 g/mol. The lowest BCUT2D eigenvalue weighted by molar-refractivity contribution is -0.141. The highest BCUT2D eigenvalue weighted by atomic mass is 16.5. The van der Waals surface area contributed by atoms with Crippen LogP contribution in [0.4, 0.5) is 0 Å². The first-order valence-electron chi connectivity index (χ1n) is 10.00. The van der Waals surface area contributed by atoms with Crippen LogP contribution in [-0.4, -0.2) is 46.9 Å². The summed E-state index contributed by atoms with van der Waals surface area (Å²) in [7, 11) is 3.00. The zero-order valence-electron chi connectivity index (χ0n) is 17.0. The average molecular weight is 408 g/mol. The molecule has 1 atom stereocenters. The Kier molecular flexibility index (Phi) is 5.44. The minimum atomic E-state index is -0.735. The van der Waals surface area contributed by atoms with Crippen molar-refractivity contribution in [3.8, 4) is 11.5 Å². The maximum Gasteiger partial charge on any atom is 0.295 e. The van der Waals surface area contributed by atoms with Crippen LogP contribution in [0.25, 0.3) is 5.76 Å². The molecule has 2 aliphatic rings. The second-order valence-corrected chi connectivity index (χ2v) is 7.47. The zero-order valence-corrected chi connectivity index (χ0v) is 17.0. The number of amides is 1. The number of hydrogen-bond donors (Lipinski definition) is 1. The Morgan fingerprint density at radius 1 is 1.10 bits per heavy atom. The first kappa shape index (κ1) is 19.9. The molecule has 1 aliphatic heterocycles. The van der Waals surface area contributed by atoms with Crippen molar-refractivity contribution in [2.45, 2.75) is 37.8 Å². The first-order chi connectivity index (χ1) is 14.6. The van der Waals surface area contributed by atoms with Gasteiger partial charge in [0, 0.05) is 18.3 Å². The van der Waals surface area contributed by atoms with E-state index in [-0.39, 0.29) is 17.4 Å². The molecule has 1 unspecified atom stereocenters. The number of aliphatic hydroxyl groups is 1. The van der Waals surface area contributed by atoms with E-state index in [4.69, 9.17) is 9.47 Å². The van der Waals surface area contributed by atoms with Crippen molar-refractivity contribution in [3.05, 3.63) is 59.4 Å². The number of pyridine rings is 1. The number of benzene rings is 1. The fourth-order valence-corrected chi connectivity index (χ4v) is 4.38. The van der Waals surface area contributed by atoms with Crippen LogP contribution in [0.5, 0.6) is 11.5 Å². The minimum absolute atomic E-state index is 0.0362. The van der Waals surface area contributed by atoms with Gasteiger partial charge in [0.2, 0.25) is 0 Å². The molecule has 0 radical (unpaired) electrons. The predicted octanol–water partition coefficient (Wildman–Crippen LogP) is 3.46. The standard InChI is InChI=1S/C23H24N2O5/c1-29-15-10-11-16(18(13-15)30-2)21(26)19-20(17-9-5-6-12-24-17)25(23(28)22(19)27)14-7-3-4-8-14/h5-6,9-14,20,26H,3-4,7-8H2,1-2H3/b21-19-. The number of carbonyl (C=O) groups is 2. The second kappa shape index (κ2) is 8.18. The van der Waals surface area contributed by atoms with Gasteiger partial charge < -0.3 is 19.5 Å². The zero-order chi connectivity index (χ0) is 21.3. The first-order valence-corrected chi connectivity index (χ1v) is 10.00. The van der Waals surface area contributed by atoms with Crippen molar-refractivity contribution in [1.82, 2.24) is 9.88 Å². The maximum atomic E-state index is 13.1. The Morgan fingerprint density at radius 3 is 2.50 bits per heavy atom. The lowest BCUT2D eigenvalue weighted by Crippen LogP contribution is -2.37. The predicted molar refractivity (Wildman–Crippen MR) is 110 cm³/mol. The topological polar surface area (TPSA) is 89.0 Å². The largest absolute Gasteiger partial charge is 0.507 e. The number of carbonyl (C=O) groups excluding carboxylic acids is 2. The molecule has 1 aromatic heterocycles. The summed E-state index contributed by atoms with van der Waals surface area (Å²) in [4.78, 5) is 32.1. The minimum Gasteiger partial charge on any atom is -0.507 e. The normalized spacial score (nSPS) is 21.3. The van der Waals surface area contributed by atoms with Gasteiger partial charge >= 0.3 is 0 Å². The molecule has 0 bridgehead atoms. The summed E-state index contributed by atoms with van der Waals surface area (Å²) in [5.41, 5.74) is 0.912. The van der Waals surface area contributed by atoms with Crippen LogP contribution in [0, 0.1) is 0 Å². The summed E-state index contributed by atoms with van der Waals surface area (Å²) in [6.07, 6.45) is 5.31. The van der Waals surface area contributed by atoms with Gasteiger partial charge in [-0.25, -0.2) is 0 Å². The third-order valence-electron chi connectivity index (χ3n) is 5.83. The third kappa shape index (κ3) is 3.30. The van der Waals surface area contributed by atoms with Crippen molar-refractivity contribution < 1.29 is 24.2 Å². The number of rotatable bonds is 5. The van der Waals surface area contributed by atoms with E-state index < -0.39 is 17.7 Å². The smallest absolute Gasteiger partial charge is 0.295 e. The van der Waals surface area contributed by atoms with Gasteiger partial charge in [-0.15, -0.1) is 0 Å². The fourth-order valence-electron chi connectivity index (χ4n) is 4.38. The molecule has 4 rings (SSSR count). The highest BCUT2D eigenvalue weighted by Gasteiger charge is 2.49. The molecule has 2 heterocycles. The summed E-state index contributed by atoms with van der Waals surface area (Å²) < 4.78 is 10.6. The van der Waals surface area contributed by atoms with E-state index in [0.29, 0.717) is 22.8 Å². The SMILES string of the molecule is COc1ccc(/C(O)=C2/C(=O)C(=O)N(C3CCCC3)C2c2ccccn2)c(OC)c1. The van der Waals surface area contributed by atoms with Gasteiger partial charge in [-0.1, -0.05) is 18.9 Å². The third-order valence-corrected chi connectivity index (χ3v) is 5.83. The van der Waals surface area contributed by atoms with Crippen molar-refractivity contribution in [2.24, 2.45) is 0 Å². The summed E-state index contributed by atoms with van der Waals surface area (Å²) in [5.74, 6) is -0.668. The summed E-state index contributed by atoms with van der Waals surface area (Å²) in [6.45, 7) is 0. The van der Waals surface area contributed by atoms with Gasteiger partial charge in [-0.2, -0.15) is 0 Å². The van der Waals surface area contributed by atoms with Crippen molar-refractivity contribution in [1.29, 1.82) is 0 Å². The number of ketones is 1. The molecule has 1 aromatic carbocycles. The van der Waals surface area contributed by atoms with E-state index in [1.54, 1.807) is 41.4 Å². The lowest BCUT2D eigenvalue weighted by Gasteiger charge is -2.30. The number of aromatic nitrogens is 1.